The van der Waals surface area contributed by atoms with Gasteiger partial charge >= 0.3 is 0 Å². The van der Waals surface area contributed by atoms with Crippen molar-refractivity contribution in [3.8, 4) is 0 Å². The zero-order valence-electron chi connectivity index (χ0n) is 8.16. The van der Waals surface area contributed by atoms with Crippen LogP contribution in [0.3, 0.4) is 0 Å². The highest BCUT2D eigenvalue weighted by atomic mass is 16.4. The number of rotatable bonds is 1. The number of carbonyl (C=O) groups is 1. The lowest BCUT2D eigenvalue weighted by Crippen LogP contribution is -2.38. The molecule has 0 radical (unpaired) electrons. The Morgan fingerprint density at radius 3 is 2.31 bits per heavy atom. The molecular weight excluding hydrogens is 168 g/mol. The number of oxime groups is 1. The van der Waals surface area contributed by atoms with Crippen molar-refractivity contribution in [3.05, 3.63) is 0 Å². The van der Waals surface area contributed by atoms with Gasteiger partial charge in [0, 0.05) is 25.9 Å². The van der Waals surface area contributed by atoms with Gasteiger partial charge in [-0.2, -0.15) is 0 Å². The van der Waals surface area contributed by atoms with Gasteiger partial charge in [0.15, 0.2) is 0 Å². The van der Waals surface area contributed by atoms with Crippen LogP contribution in [-0.4, -0.2) is 34.8 Å². The van der Waals surface area contributed by atoms with E-state index < -0.39 is 0 Å². The summed E-state index contributed by atoms with van der Waals surface area (Å²) in [4.78, 5) is 12.8. The van der Waals surface area contributed by atoms with Gasteiger partial charge in [-0.25, -0.2) is 0 Å². The molecule has 0 aromatic rings. The number of hydrogen-bond acceptors (Lipinski definition) is 3. The maximum atomic E-state index is 11.0. The van der Waals surface area contributed by atoms with Gasteiger partial charge in [0.05, 0.1) is 5.71 Å². The molecule has 1 aliphatic heterocycles. The second-order valence-electron chi connectivity index (χ2n) is 3.52. The van der Waals surface area contributed by atoms with Crippen LogP contribution >= 0.6 is 0 Å². The molecule has 0 aromatic heterocycles. The maximum Gasteiger partial charge on any atom is 0.219 e. The molecule has 0 unspecified atom stereocenters. The fraction of sp³-hybridized carbons (Fsp3) is 0.778. The standard InChI is InChI=1S/C9H16N2O2/c1-7(10-13)9-3-5-11(6-4-9)8(2)12/h9,13H,3-6H2,1-2H3/b10-7+. The van der Waals surface area contributed by atoms with E-state index in [0.29, 0.717) is 5.92 Å². The SMILES string of the molecule is CC(=O)N1CCC(/C(C)=N/O)CC1. The van der Waals surface area contributed by atoms with Gasteiger partial charge in [-0.05, 0) is 19.8 Å². The molecule has 0 aromatic carbocycles. The van der Waals surface area contributed by atoms with Gasteiger partial charge in [0.1, 0.15) is 0 Å². The molecule has 1 saturated heterocycles. The summed E-state index contributed by atoms with van der Waals surface area (Å²) in [6.07, 6.45) is 1.82. The first-order valence-corrected chi connectivity index (χ1v) is 4.59. The van der Waals surface area contributed by atoms with Gasteiger partial charge in [-0.3, -0.25) is 4.79 Å². The molecule has 1 heterocycles. The third kappa shape index (κ3) is 2.44. The normalized spacial score (nSPS) is 20.5. The topological polar surface area (TPSA) is 52.9 Å². The summed E-state index contributed by atoms with van der Waals surface area (Å²) in [5.74, 6) is 0.484. The van der Waals surface area contributed by atoms with E-state index in [0.717, 1.165) is 31.6 Å². The lowest BCUT2D eigenvalue weighted by atomic mass is 9.93. The summed E-state index contributed by atoms with van der Waals surface area (Å²) in [6, 6.07) is 0. The summed E-state index contributed by atoms with van der Waals surface area (Å²) >= 11 is 0. The molecule has 4 heteroatoms. The molecule has 0 saturated carbocycles. The smallest absolute Gasteiger partial charge is 0.219 e. The third-order valence-electron chi connectivity index (χ3n) is 2.69. The molecule has 1 rings (SSSR count). The Balaban J connectivity index is 2.43. The van der Waals surface area contributed by atoms with Crippen LogP contribution in [-0.2, 0) is 4.79 Å². The lowest BCUT2D eigenvalue weighted by molar-refractivity contribution is -0.129. The van der Waals surface area contributed by atoms with Crippen molar-refractivity contribution in [2.24, 2.45) is 11.1 Å². The largest absolute Gasteiger partial charge is 0.411 e. The van der Waals surface area contributed by atoms with Crippen molar-refractivity contribution in [2.45, 2.75) is 26.7 Å². The minimum absolute atomic E-state index is 0.136. The first kappa shape index (κ1) is 10.0. The van der Waals surface area contributed by atoms with Crippen LogP contribution in [0.25, 0.3) is 0 Å². The molecule has 0 atom stereocenters. The van der Waals surface area contributed by atoms with E-state index in [1.807, 2.05) is 11.8 Å². The molecular formula is C9H16N2O2. The highest BCUT2D eigenvalue weighted by molar-refractivity contribution is 5.84. The summed E-state index contributed by atoms with van der Waals surface area (Å²) in [5, 5.41) is 11.8. The second-order valence-corrected chi connectivity index (χ2v) is 3.52. The fourth-order valence-electron chi connectivity index (χ4n) is 1.69. The van der Waals surface area contributed by atoms with Crippen LogP contribution in [0, 0.1) is 5.92 Å². The van der Waals surface area contributed by atoms with Crippen molar-refractivity contribution in [3.63, 3.8) is 0 Å². The summed E-state index contributed by atoms with van der Waals surface area (Å²) < 4.78 is 0. The number of amides is 1. The highest BCUT2D eigenvalue weighted by Gasteiger charge is 2.22. The van der Waals surface area contributed by atoms with E-state index >= 15 is 0 Å². The third-order valence-corrected chi connectivity index (χ3v) is 2.69. The Labute approximate surface area is 78.2 Å². The van der Waals surface area contributed by atoms with Gasteiger partial charge in [-0.15, -0.1) is 0 Å². The number of nitrogens with zero attached hydrogens (tertiary/aromatic N) is 2. The molecule has 13 heavy (non-hydrogen) atoms. The molecule has 1 N–H and O–H groups in total. The monoisotopic (exact) mass is 184 g/mol. The van der Waals surface area contributed by atoms with E-state index in [1.165, 1.54) is 0 Å². The minimum Gasteiger partial charge on any atom is -0.411 e. The van der Waals surface area contributed by atoms with Gasteiger partial charge in [0.25, 0.3) is 0 Å². The molecule has 1 aliphatic rings. The van der Waals surface area contributed by atoms with E-state index in [9.17, 15) is 4.79 Å². The van der Waals surface area contributed by atoms with E-state index in [2.05, 4.69) is 5.16 Å². The Morgan fingerprint density at radius 2 is 1.92 bits per heavy atom. The molecule has 74 valence electrons. The molecule has 0 bridgehead atoms. The average molecular weight is 184 g/mol. The van der Waals surface area contributed by atoms with Crippen molar-refractivity contribution < 1.29 is 10.0 Å². The Bertz CT molecular complexity index is 218. The molecule has 1 amide bonds. The Hall–Kier alpha value is -1.06. The maximum absolute atomic E-state index is 11.0. The fourth-order valence-corrected chi connectivity index (χ4v) is 1.69. The lowest BCUT2D eigenvalue weighted by Gasteiger charge is -2.30. The summed E-state index contributed by atoms with van der Waals surface area (Å²) in [7, 11) is 0. The first-order chi connectivity index (χ1) is 6.15. The van der Waals surface area contributed by atoms with Crippen LogP contribution < -0.4 is 0 Å². The summed E-state index contributed by atoms with van der Waals surface area (Å²) in [5.41, 5.74) is 0.781. The van der Waals surface area contributed by atoms with E-state index in [4.69, 9.17) is 5.21 Å². The van der Waals surface area contributed by atoms with Gasteiger partial charge < -0.3 is 10.1 Å². The van der Waals surface area contributed by atoms with E-state index in [-0.39, 0.29) is 5.91 Å². The van der Waals surface area contributed by atoms with Crippen molar-refractivity contribution in [1.29, 1.82) is 0 Å². The average Bonchev–Trinajstić information content (AvgIpc) is 2.17. The zero-order chi connectivity index (χ0) is 9.84. The van der Waals surface area contributed by atoms with Crippen LogP contribution in [0.15, 0.2) is 5.16 Å². The number of carbonyl (C=O) groups excluding carboxylic acids is 1. The Kier molecular flexibility index (Phi) is 3.28. The van der Waals surface area contributed by atoms with Crippen LogP contribution in [0.2, 0.25) is 0 Å². The van der Waals surface area contributed by atoms with Crippen molar-refractivity contribution in [2.75, 3.05) is 13.1 Å². The van der Waals surface area contributed by atoms with Crippen LogP contribution in [0.1, 0.15) is 26.7 Å². The first-order valence-electron chi connectivity index (χ1n) is 4.59. The second kappa shape index (κ2) is 4.25. The zero-order valence-corrected chi connectivity index (χ0v) is 8.16. The number of piperidine rings is 1. The number of hydrogen-bond donors (Lipinski definition) is 1. The summed E-state index contributed by atoms with van der Waals surface area (Å²) in [6.45, 7) is 4.99. The molecule has 1 fully saturated rings. The molecule has 4 nitrogen and oxygen atoms in total. The number of likely N-dealkylation sites (tertiary alicyclic amines) is 1. The van der Waals surface area contributed by atoms with E-state index in [1.54, 1.807) is 6.92 Å². The quantitative estimate of drug-likeness (QED) is 0.377. The van der Waals surface area contributed by atoms with Crippen LogP contribution in [0.5, 0.6) is 0 Å². The predicted octanol–water partition coefficient (Wildman–Crippen LogP) is 1.09. The molecule has 0 spiro atoms. The predicted molar refractivity (Wildman–Crippen MR) is 49.9 cm³/mol. The molecule has 0 aliphatic carbocycles. The van der Waals surface area contributed by atoms with Crippen molar-refractivity contribution in [1.82, 2.24) is 4.90 Å². The Morgan fingerprint density at radius 1 is 1.38 bits per heavy atom. The van der Waals surface area contributed by atoms with Crippen molar-refractivity contribution >= 4 is 11.6 Å². The highest BCUT2D eigenvalue weighted by Crippen LogP contribution is 2.18. The van der Waals surface area contributed by atoms with Gasteiger partial charge in [-0.1, -0.05) is 5.16 Å². The van der Waals surface area contributed by atoms with Gasteiger partial charge in [0.2, 0.25) is 5.91 Å². The van der Waals surface area contributed by atoms with Crippen LogP contribution in [0.4, 0.5) is 0 Å². The minimum atomic E-state index is 0.136.